The highest BCUT2D eigenvalue weighted by Crippen LogP contribution is 2.20. The summed E-state index contributed by atoms with van der Waals surface area (Å²) in [6.07, 6.45) is 0. The SMILES string of the molecule is O=c1c2ccccc2nc(-c2ccc(Cl)cc2)n1OCc1ccccc1. The number of hydrogen-bond donors (Lipinski definition) is 0. The Kier molecular flexibility index (Phi) is 4.42. The van der Waals surface area contributed by atoms with Gasteiger partial charge in [0.05, 0.1) is 10.9 Å². The van der Waals surface area contributed by atoms with Crippen LogP contribution in [0.4, 0.5) is 0 Å². The highest BCUT2D eigenvalue weighted by Gasteiger charge is 2.14. The van der Waals surface area contributed by atoms with Gasteiger partial charge in [-0.15, -0.1) is 4.73 Å². The van der Waals surface area contributed by atoms with Gasteiger partial charge in [-0.2, -0.15) is 0 Å². The maximum atomic E-state index is 13.0. The van der Waals surface area contributed by atoms with Gasteiger partial charge in [-0.25, -0.2) is 4.98 Å². The van der Waals surface area contributed by atoms with Crippen LogP contribution >= 0.6 is 11.6 Å². The molecule has 0 bridgehead atoms. The van der Waals surface area contributed by atoms with Crippen LogP contribution < -0.4 is 10.4 Å². The first kappa shape index (κ1) is 16.4. The lowest BCUT2D eigenvalue weighted by molar-refractivity contribution is 0.0921. The zero-order valence-corrected chi connectivity index (χ0v) is 14.6. The second-order valence-electron chi connectivity index (χ2n) is 5.82. The molecule has 0 atom stereocenters. The lowest BCUT2D eigenvalue weighted by atomic mass is 10.2. The van der Waals surface area contributed by atoms with Crippen molar-refractivity contribution in [3.63, 3.8) is 0 Å². The highest BCUT2D eigenvalue weighted by atomic mass is 35.5. The van der Waals surface area contributed by atoms with Crippen molar-refractivity contribution >= 4 is 22.5 Å². The van der Waals surface area contributed by atoms with Gasteiger partial charge in [0.25, 0.3) is 5.56 Å². The molecule has 4 rings (SSSR count). The maximum absolute atomic E-state index is 13.0. The van der Waals surface area contributed by atoms with E-state index in [0.717, 1.165) is 11.1 Å². The summed E-state index contributed by atoms with van der Waals surface area (Å²) >= 11 is 5.99. The largest absolute Gasteiger partial charge is 0.404 e. The Bertz CT molecular complexity index is 1110. The maximum Gasteiger partial charge on any atom is 0.294 e. The van der Waals surface area contributed by atoms with Crippen molar-refractivity contribution in [1.82, 2.24) is 9.71 Å². The van der Waals surface area contributed by atoms with E-state index in [4.69, 9.17) is 16.4 Å². The fourth-order valence-electron chi connectivity index (χ4n) is 2.73. The molecule has 4 nitrogen and oxygen atoms in total. The normalized spacial score (nSPS) is 10.8. The molecule has 0 aliphatic heterocycles. The Morgan fingerprint density at radius 2 is 1.58 bits per heavy atom. The van der Waals surface area contributed by atoms with E-state index in [1.54, 1.807) is 18.2 Å². The van der Waals surface area contributed by atoms with Crippen molar-refractivity contribution in [2.75, 3.05) is 0 Å². The average molecular weight is 363 g/mol. The Balaban J connectivity index is 1.85. The molecule has 0 spiro atoms. The Morgan fingerprint density at radius 3 is 2.35 bits per heavy atom. The summed E-state index contributed by atoms with van der Waals surface area (Å²) < 4.78 is 1.26. The van der Waals surface area contributed by atoms with Crippen LogP contribution in [0.3, 0.4) is 0 Å². The molecule has 0 saturated heterocycles. The summed E-state index contributed by atoms with van der Waals surface area (Å²) in [6.45, 7) is 0.265. The minimum atomic E-state index is -0.239. The average Bonchev–Trinajstić information content (AvgIpc) is 2.69. The van der Waals surface area contributed by atoms with Gasteiger partial charge in [0, 0.05) is 10.6 Å². The summed E-state index contributed by atoms with van der Waals surface area (Å²) in [4.78, 5) is 23.5. The van der Waals surface area contributed by atoms with Crippen LogP contribution in [0.15, 0.2) is 83.7 Å². The zero-order valence-electron chi connectivity index (χ0n) is 13.8. The first-order chi connectivity index (χ1) is 12.7. The van der Waals surface area contributed by atoms with Crippen molar-refractivity contribution in [2.24, 2.45) is 0 Å². The van der Waals surface area contributed by atoms with Gasteiger partial charge in [0.2, 0.25) is 0 Å². The number of halogens is 1. The Hall–Kier alpha value is -3.11. The number of nitrogens with zero attached hydrogens (tertiary/aromatic N) is 2. The van der Waals surface area contributed by atoms with E-state index in [9.17, 15) is 4.79 Å². The van der Waals surface area contributed by atoms with E-state index in [1.165, 1.54) is 4.73 Å². The van der Waals surface area contributed by atoms with Crippen molar-refractivity contribution in [1.29, 1.82) is 0 Å². The molecule has 0 amide bonds. The van der Waals surface area contributed by atoms with Crippen LogP contribution in [0.2, 0.25) is 5.02 Å². The lowest BCUT2D eigenvalue weighted by Crippen LogP contribution is -2.29. The van der Waals surface area contributed by atoms with Crippen molar-refractivity contribution in [3.05, 3.63) is 99.8 Å². The quantitative estimate of drug-likeness (QED) is 0.542. The number of benzene rings is 3. The molecule has 4 aromatic rings. The third kappa shape index (κ3) is 3.19. The molecule has 1 aromatic heterocycles. The van der Waals surface area contributed by atoms with Crippen LogP contribution in [0.25, 0.3) is 22.3 Å². The van der Waals surface area contributed by atoms with E-state index in [-0.39, 0.29) is 12.2 Å². The summed E-state index contributed by atoms with van der Waals surface area (Å²) in [5.74, 6) is 0.446. The summed E-state index contributed by atoms with van der Waals surface area (Å²) in [6, 6.07) is 24.1. The van der Waals surface area contributed by atoms with Crippen LogP contribution in [0.5, 0.6) is 0 Å². The van der Waals surface area contributed by atoms with Gasteiger partial charge in [-0.3, -0.25) is 4.79 Å². The summed E-state index contributed by atoms with van der Waals surface area (Å²) in [7, 11) is 0. The second-order valence-corrected chi connectivity index (χ2v) is 6.25. The zero-order chi connectivity index (χ0) is 17.9. The molecule has 26 heavy (non-hydrogen) atoms. The smallest absolute Gasteiger partial charge is 0.294 e. The molecule has 3 aromatic carbocycles. The van der Waals surface area contributed by atoms with Crippen LogP contribution in [-0.2, 0) is 6.61 Å². The standard InChI is InChI=1S/C21H15ClN2O2/c22-17-12-10-16(11-13-17)20-23-19-9-5-4-8-18(19)21(25)24(20)26-14-15-6-2-1-3-7-15/h1-13H,14H2. The molecule has 1 heterocycles. The lowest BCUT2D eigenvalue weighted by Gasteiger charge is -2.14. The predicted octanol–water partition coefficient (Wildman–Crippen LogP) is 4.35. The fourth-order valence-corrected chi connectivity index (χ4v) is 2.86. The van der Waals surface area contributed by atoms with Crippen molar-refractivity contribution in [2.45, 2.75) is 6.61 Å². The number of hydrogen-bond acceptors (Lipinski definition) is 3. The molecule has 0 N–H and O–H groups in total. The number of para-hydroxylation sites is 1. The Morgan fingerprint density at radius 1 is 0.885 bits per heavy atom. The number of rotatable bonds is 4. The molecule has 0 fully saturated rings. The van der Waals surface area contributed by atoms with Crippen LogP contribution in [0, 0.1) is 0 Å². The minimum Gasteiger partial charge on any atom is -0.404 e. The second kappa shape index (κ2) is 7.02. The molecule has 128 valence electrons. The molecular formula is C21H15ClN2O2. The van der Waals surface area contributed by atoms with E-state index in [0.29, 0.717) is 21.7 Å². The van der Waals surface area contributed by atoms with Gasteiger partial charge in [0.1, 0.15) is 6.61 Å². The first-order valence-electron chi connectivity index (χ1n) is 8.17. The molecule has 0 unspecified atom stereocenters. The molecule has 5 heteroatoms. The van der Waals surface area contributed by atoms with E-state index in [1.807, 2.05) is 60.7 Å². The van der Waals surface area contributed by atoms with Gasteiger partial charge in [0.15, 0.2) is 5.82 Å². The third-order valence-electron chi connectivity index (χ3n) is 4.04. The van der Waals surface area contributed by atoms with E-state index < -0.39 is 0 Å². The summed E-state index contributed by atoms with van der Waals surface area (Å²) in [5.41, 5.74) is 2.11. The third-order valence-corrected chi connectivity index (χ3v) is 4.30. The monoisotopic (exact) mass is 362 g/mol. The van der Waals surface area contributed by atoms with Crippen molar-refractivity contribution in [3.8, 4) is 11.4 Å². The van der Waals surface area contributed by atoms with E-state index in [2.05, 4.69) is 4.98 Å². The fraction of sp³-hybridized carbons (Fsp3) is 0.0476. The highest BCUT2D eigenvalue weighted by molar-refractivity contribution is 6.30. The van der Waals surface area contributed by atoms with Gasteiger partial charge < -0.3 is 4.84 Å². The first-order valence-corrected chi connectivity index (χ1v) is 8.55. The van der Waals surface area contributed by atoms with E-state index >= 15 is 0 Å². The minimum absolute atomic E-state index is 0.239. The van der Waals surface area contributed by atoms with Gasteiger partial charge in [-0.1, -0.05) is 54.1 Å². The van der Waals surface area contributed by atoms with Gasteiger partial charge >= 0.3 is 0 Å². The van der Waals surface area contributed by atoms with Gasteiger partial charge in [-0.05, 0) is 42.0 Å². The molecule has 0 aliphatic carbocycles. The topological polar surface area (TPSA) is 44.1 Å². The Labute approximate surface area is 155 Å². The molecule has 0 aliphatic rings. The van der Waals surface area contributed by atoms with Crippen LogP contribution in [0.1, 0.15) is 5.56 Å². The predicted molar refractivity (Wildman–Crippen MR) is 103 cm³/mol. The summed E-state index contributed by atoms with van der Waals surface area (Å²) in [5, 5.41) is 1.13. The molecular weight excluding hydrogens is 348 g/mol. The van der Waals surface area contributed by atoms with Crippen molar-refractivity contribution < 1.29 is 4.84 Å². The number of aromatic nitrogens is 2. The molecule has 0 radical (unpaired) electrons. The van der Waals surface area contributed by atoms with Crippen LogP contribution in [-0.4, -0.2) is 9.71 Å². The number of fused-ring (bicyclic) bond motifs is 1. The molecule has 0 saturated carbocycles.